The maximum absolute atomic E-state index is 12.8. The van der Waals surface area contributed by atoms with Crippen LogP contribution in [0.25, 0.3) is 0 Å². The zero-order valence-electron chi connectivity index (χ0n) is 15.7. The van der Waals surface area contributed by atoms with Crippen LogP contribution in [0.2, 0.25) is 5.02 Å². The molecule has 7 heteroatoms. The van der Waals surface area contributed by atoms with Crippen molar-refractivity contribution < 1.29 is 14.3 Å². The Balaban J connectivity index is 1.66. The van der Waals surface area contributed by atoms with E-state index in [2.05, 4.69) is 4.90 Å². The van der Waals surface area contributed by atoms with Crippen LogP contribution < -0.4 is 10.5 Å². The zero-order valence-corrected chi connectivity index (χ0v) is 16.4. The Labute approximate surface area is 165 Å². The van der Waals surface area contributed by atoms with Gasteiger partial charge < -0.3 is 15.4 Å². The van der Waals surface area contributed by atoms with Crippen molar-refractivity contribution in [3.8, 4) is 5.75 Å². The average Bonchev–Trinajstić information content (AvgIpc) is 3.13. The van der Waals surface area contributed by atoms with E-state index in [0.717, 1.165) is 45.3 Å². The number of nitrogens with zero attached hydrogens (tertiary/aromatic N) is 2. The van der Waals surface area contributed by atoms with Gasteiger partial charge in [0.15, 0.2) is 0 Å². The molecule has 1 aromatic carbocycles. The number of hydrogen-bond donors (Lipinski definition) is 1. The second-order valence-electron chi connectivity index (χ2n) is 7.79. The normalized spacial score (nSPS) is 23.4. The summed E-state index contributed by atoms with van der Waals surface area (Å²) in [6.07, 6.45) is 4.18. The highest BCUT2D eigenvalue weighted by molar-refractivity contribution is 6.30. The van der Waals surface area contributed by atoms with E-state index in [1.165, 1.54) is 0 Å². The minimum atomic E-state index is -0.451. The molecule has 3 rings (SSSR count). The Hall–Kier alpha value is -1.79. The third-order valence-electron chi connectivity index (χ3n) is 5.46. The van der Waals surface area contributed by atoms with Gasteiger partial charge in [-0.25, -0.2) is 0 Å². The summed E-state index contributed by atoms with van der Waals surface area (Å²) in [6, 6.07) is 7.19. The van der Waals surface area contributed by atoms with Gasteiger partial charge in [-0.3, -0.25) is 14.5 Å². The molecule has 148 valence electrons. The first-order valence-electron chi connectivity index (χ1n) is 9.63. The van der Waals surface area contributed by atoms with E-state index < -0.39 is 5.41 Å². The van der Waals surface area contributed by atoms with Gasteiger partial charge in [0.2, 0.25) is 11.8 Å². The van der Waals surface area contributed by atoms with Crippen LogP contribution in [0.3, 0.4) is 0 Å². The van der Waals surface area contributed by atoms with E-state index >= 15 is 0 Å². The molecule has 2 fully saturated rings. The minimum absolute atomic E-state index is 0.133. The summed E-state index contributed by atoms with van der Waals surface area (Å²) in [5.74, 6) is 0.429. The fourth-order valence-corrected chi connectivity index (χ4v) is 4.31. The topological polar surface area (TPSA) is 75.9 Å². The van der Waals surface area contributed by atoms with Gasteiger partial charge in [-0.15, -0.1) is 0 Å². The molecule has 0 bridgehead atoms. The summed E-state index contributed by atoms with van der Waals surface area (Å²) in [7, 11) is 0. The number of nitrogens with two attached hydrogens (primary N) is 1. The van der Waals surface area contributed by atoms with Crippen molar-refractivity contribution in [3.63, 3.8) is 0 Å². The molecular weight excluding hydrogens is 366 g/mol. The van der Waals surface area contributed by atoms with Crippen molar-refractivity contribution in [2.45, 2.75) is 32.1 Å². The number of piperidine rings is 1. The standard InChI is InChI=1S/C20H28ClN3O3/c21-16-5-3-6-17(11-16)27-15-20(12-18(22)25)7-4-10-24(14-20)19(26)13-23-8-1-2-9-23/h3,5-6,11H,1-2,4,7-10,12-15H2,(H2,22,25)/t20-/m1/s1. The Bertz CT molecular complexity index is 678. The summed E-state index contributed by atoms with van der Waals surface area (Å²) in [6.45, 7) is 4.01. The Kier molecular flexibility index (Phi) is 6.60. The lowest BCUT2D eigenvalue weighted by molar-refractivity contribution is -0.138. The van der Waals surface area contributed by atoms with Crippen molar-refractivity contribution in [2.75, 3.05) is 39.3 Å². The van der Waals surface area contributed by atoms with Crippen molar-refractivity contribution in [1.82, 2.24) is 9.80 Å². The summed E-state index contributed by atoms with van der Waals surface area (Å²) >= 11 is 6.02. The first-order chi connectivity index (χ1) is 13.0. The number of amides is 2. The summed E-state index contributed by atoms with van der Waals surface area (Å²) < 4.78 is 5.95. The maximum atomic E-state index is 12.8. The molecule has 0 aromatic heterocycles. The number of hydrogen-bond acceptors (Lipinski definition) is 4. The lowest BCUT2D eigenvalue weighted by atomic mass is 9.77. The van der Waals surface area contributed by atoms with Crippen LogP contribution in [0, 0.1) is 5.41 Å². The van der Waals surface area contributed by atoms with Gasteiger partial charge in [0.05, 0.1) is 13.2 Å². The van der Waals surface area contributed by atoms with Gasteiger partial charge in [-0.05, 0) is 57.0 Å². The van der Waals surface area contributed by atoms with E-state index in [9.17, 15) is 9.59 Å². The molecule has 2 N–H and O–H groups in total. The molecule has 2 saturated heterocycles. The molecule has 1 aromatic rings. The lowest BCUT2D eigenvalue weighted by Crippen LogP contribution is -2.52. The number of likely N-dealkylation sites (tertiary alicyclic amines) is 2. The lowest BCUT2D eigenvalue weighted by Gasteiger charge is -2.42. The fraction of sp³-hybridized carbons (Fsp3) is 0.600. The van der Waals surface area contributed by atoms with E-state index in [1.807, 2.05) is 17.0 Å². The van der Waals surface area contributed by atoms with Crippen LogP contribution in [-0.2, 0) is 9.59 Å². The summed E-state index contributed by atoms with van der Waals surface area (Å²) in [5, 5.41) is 0.600. The SMILES string of the molecule is NC(=O)C[C@]1(COc2cccc(Cl)c2)CCCN(C(=O)CN2CCCC2)C1. The second kappa shape index (κ2) is 8.93. The Morgan fingerprint density at radius 1 is 1.19 bits per heavy atom. The van der Waals surface area contributed by atoms with Gasteiger partial charge in [-0.1, -0.05) is 17.7 Å². The zero-order chi connectivity index (χ0) is 19.3. The molecule has 0 unspecified atom stereocenters. The van der Waals surface area contributed by atoms with Gasteiger partial charge >= 0.3 is 0 Å². The number of carbonyl (C=O) groups is 2. The highest BCUT2D eigenvalue weighted by Gasteiger charge is 2.39. The van der Waals surface area contributed by atoms with Crippen LogP contribution in [0.5, 0.6) is 5.75 Å². The number of benzene rings is 1. The molecule has 2 amide bonds. The average molecular weight is 394 g/mol. The monoisotopic (exact) mass is 393 g/mol. The number of rotatable bonds is 7. The van der Waals surface area contributed by atoms with Crippen LogP contribution >= 0.6 is 11.6 Å². The van der Waals surface area contributed by atoms with Crippen LogP contribution in [0.4, 0.5) is 0 Å². The minimum Gasteiger partial charge on any atom is -0.493 e. The fourth-order valence-electron chi connectivity index (χ4n) is 4.13. The first kappa shape index (κ1) is 20.0. The van der Waals surface area contributed by atoms with E-state index in [4.69, 9.17) is 22.1 Å². The van der Waals surface area contributed by atoms with E-state index in [0.29, 0.717) is 30.5 Å². The summed E-state index contributed by atoms with van der Waals surface area (Å²) in [5.41, 5.74) is 5.08. The molecule has 6 nitrogen and oxygen atoms in total. The molecule has 1 atom stereocenters. The van der Waals surface area contributed by atoms with Gasteiger partial charge in [0, 0.05) is 29.9 Å². The summed E-state index contributed by atoms with van der Waals surface area (Å²) in [4.78, 5) is 28.6. The third kappa shape index (κ3) is 5.59. The van der Waals surface area contributed by atoms with E-state index in [-0.39, 0.29) is 18.2 Å². The van der Waals surface area contributed by atoms with Crippen molar-refractivity contribution >= 4 is 23.4 Å². The molecular formula is C20H28ClN3O3. The Morgan fingerprint density at radius 2 is 1.96 bits per heavy atom. The highest BCUT2D eigenvalue weighted by Crippen LogP contribution is 2.35. The molecule has 2 aliphatic rings. The molecule has 2 heterocycles. The maximum Gasteiger partial charge on any atom is 0.236 e. The number of ether oxygens (including phenoxy) is 1. The molecule has 0 aliphatic carbocycles. The third-order valence-corrected chi connectivity index (χ3v) is 5.70. The highest BCUT2D eigenvalue weighted by atomic mass is 35.5. The second-order valence-corrected chi connectivity index (χ2v) is 8.23. The van der Waals surface area contributed by atoms with Gasteiger partial charge in [0.1, 0.15) is 5.75 Å². The van der Waals surface area contributed by atoms with Gasteiger partial charge in [-0.2, -0.15) is 0 Å². The van der Waals surface area contributed by atoms with Crippen LogP contribution in [0.1, 0.15) is 32.1 Å². The number of primary amides is 1. The van der Waals surface area contributed by atoms with Crippen molar-refractivity contribution in [2.24, 2.45) is 11.1 Å². The molecule has 0 radical (unpaired) electrons. The largest absolute Gasteiger partial charge is 0.493 e. The van der Waals surface area contributed by atoms with Gasteiger partial charge in [0.25, 0.3) is 0 Å². The molecule has 2 aliphatic heterocycles. The number of halogens is 1. The smallest absolute Gasteiger partial charge is 0.236 e. The van der Waals surface area contributed by atoms with Crippen molar-refractivity contribution in [3.05, 3.63) is 29.3 Å². The quantitative estimate of drug-likeness (QED) is 0.771. The Morgan fingerprint density at radius 3 is 2.67 bits per heavy atom. The molecule has 27 heavy (non-hydrogen) atoms. The number of carbonyl (C=O) groups excluding carboxylic acids is 2. The van der Waals surface area contributed by atoms with E-state index in [1.54, 1.807) is 12.1 Å². The van der Waals surface area contributed by atoms with Crippen LogP contribution in [0.15, 0.2) is 24.3 Å². The molecule has 0 spiro atoms. The predicted octanol–water partition coefficient (Wildman–Crippen LogP) is 2.30. The predicted molar refractivity (Wildman–Crippen MR) is 105 cm³/mol. The van der Waals surface area contributed by atoms with Crippen LogP contribution in [-0.4, -0.2) is 60.9 Å². The first-order valence-corrected chi connectivity index (χ1v) is 10.0. The van der Waals surface area contributed by atoms with Crippen molar-refractivity contribution in [1.29, 1.82) is 0 Å². The molecule has 0 saturated carbocycles.